The van der Waals surface area contributed by atoms with Crippen LogP contribution in [0.4, 0.5) is 5.82 Å². The van der Waals surface area contributed by atoms with Crippen LogP contribution in [0.3, 0.4) is 0 Å². The quantitative estimate of drug-likeness (QED) is 0.802. The van der Waals surface area contributed by atoms with Gasteiger partial charge in [0.05, 0.1) is 5.56 Å². The molecule has 3 rings (SSSR count). The van der Waals surface area contributed by atoms with Crippen molar-refractivity contribution >= 4 is 11.7 Å². The first-order valence-corrected chi connectivity index (χ1v) is 7.97. The average Bonchev–Trinajstić information content (AvgIpc) is 3.15. The highest BCUT2D eigenvalue weighted by Crippen LogP contribution is 2.14. The Balaban J connectivity index is 1.44. The predicted molar refractivity (Wildman–Crippen MR) is 87.0 cm³/mol. The number of rotatable bonds is 5. The molecule has 8 heteroatoms. The summed E-state index contributed by atoms with van der Waals surface area (Å²) < 4.78 is 1.74. The molecule has 124 valence electrons. The van der Waals surface area contributed by atoms with Gasteiger partial charge in [-0.15, -0.1) is 0 Å². The molecule has 1 aliphatic rings. The van der Waals surface area contributed by atoms with Crippen LogP contribution in [0.2, 0.25) is 0 Å². The van der Waals surface area contributed by atoms with Gasteiger partial charge < -0.3 is 9.80 Å². The van der Waals surface area contributed by atoms with Gasteiger partial charge in [-0.3, -0.25) is 9.48 Å². The molecular weight excluding hydrogens is 306 g/mol. The molecule has 8 nitrogen and oxygen atoms in total. The van der Waals surface area contributed by atoms with Gasteiger partial charge in [-0.05, 0) is 18.6 Å². The van der Waals surface area contributed by atoms with E-state index in [0.29, 0.717) is 31.6 Å². The van der Waals surface area contributed by atoms with Crippen LogP contribution >= 0.6 is 0 Å². The normalized spacial score (nSPS) is 14.5. The number of piperazine rings is 1. The SMILES string of the molecule is N#Cc1ccc(N2CCN(C(=O)CCCn3cncn3)CC2)nc1. The van der Waals surface area contributed by atoms with Crippen LogP contribution in [0.25, 0.3) is 0 Å². The highest BCUT2D eigenvalue weighted by Gasteiger charge is 2.21. The van der Waals surface area contributed by atoms with Crippen LogP contribution in [-0.2, 0) is 11.3 Å². The second kappa shape index (κ2) is 7.55. The number of hydrogen-bond donors (Lipinski definition) is 0. The Hall–Kier alpha value is -2.95. The van der Waals surface area contributed by atoms with Crippen LogP contribution in [0.5, 0.6) is 0 Å². The zero-order valence-corrected chi connectivity index (χ0v) is 13.4. The summed E-state index contributed by atoms with van der Waals surface area (Å²) in [6.07, 6.45) is 6.03. The van der Waals surface area contributed by atoms with Crippen molar-refractivity contribution in [3.63, 3.8) is 0 Å². The third-order valence-electron chi connectivity index (χ3n) is 4.08. The number of nitrogens with zero attached hydrogens (tertiary/aromatic N) is 7. The first-order valence-electron chi connectivity index (χ1n) is 7.97. The van der Waals surface area contributed by atoms with Crippen LogP contribution in [0.1, 0.15) is 18.4 Å². The summed E-state index contributed by atoms with van der Waals surface area (Å²) in [5.41, 5.74) is 0.556. The summed E-state index contributed by atoms with van der Waals surface area (Å²) in [4.78, 5) is 24.5. The van der Waals surface area contributed by atoms with Crippen LogP contribution in [0.15, 0.2) is 31.0 Å². The Labute approximate surface area is 140 Å². The fourth-order valence-corrected chi connectivity index (χ4v) is 2.72. The van der Waals surface area contributed by atoms with E-state index in [0.717, 1.165) is 25.3 Å². The van der Waals surface area contributed by atoms with Gasteiger partial charge in [0.25, 0.3) is 0 Å². The Morgan fingerprint density at radius 2 is 2.08 bits per heavy atom. The zero-order chi connectivity index (χ0) is 16.8. The standard InChI is InChI=1S/C16H19N7O/c17-10-14-3-4-15(19-11-14)21-6-8-22(9-7-21)16(24)2-1-5-23-13-18-12-20-23/h3-4,11-13H,1-2,5-9H2. The Morgan fingerprint density at radius 3 is 2.71 bits per heavy atom. The molecule has 1 fully saturated rings. The van der Waals surface area contributed by atoms with Gasteiger partial charge in [-0.25, -0.2) is 9.97 Å². The average molecular weight is 325 g/mol. The van der Waals surface area contributed by atoms with Gasteiger partial charge in [0.15, 0.2) is 0 Å². The van der Waals surface area contributed by atoms with Crippen molar-refractivity contribution in [1.29, 1.82) is 5.26 Å². The lowest BCUT2D eigenvalue weighted by Gasteiger charge is -2.35. The highest BCUT2D eigenvalue weighted by molar-refractivity contribution is 5.76. The van der Waals surface area contributed by atoms with Crippen LogP contribution < -0.4 is 4.90 Å². The van der Waals surface area contributed by atoms with Crippen molar-refractivity contribution in [3.05, 3.63) is 36.5 Å². The number of nitriles is 1. The number of carbonyl (C=O) groups is 1. The zero-order valence-electron chi connectivity index (χ0n) is 13.4. The van der Waals surface area contributed by atoms with Gasteiger partial charge in [-0.2, -0.15) is 10.4 Å². The monoisotopic (exact) mass is 325 g/mol. The minimum atomic E-state index is 0.183. The second-order valence-corrected chi connectivity index (χ2v) is 5.65. The number of carbonyl (C=O) groups excluding carboxylic acids is 1. The summed E-state index contributed by atoms with van der Waals surface area (Å²) in [5, 5.41) is 12.8. The molecule has 1 amide bonds. The number of aryl methyl sites for hydroxylation is 1. The number of hydrogen-bond acceptors (Lipinski definition) is 6. The molecule has 0 spiro atoms. The minimum absolute atomic E-state index is 0.183. The Kier molecular flexibility index (Phi) is 5.01. The second-order valence-electron chi connectivity index (χ2n) is 5.65. The predicted octanol–water partition coefficient (Wildman–Crippen LogP) is 0.674. The van der Waals surface area contributed by atoms with Crippen molar-refractivity contribution < 1.29 is 4.79 Å². The number of aromatic nitrogens is 4. The van der Waals surface area contributed by atoms with Crippen molar-refractivity contribution in [3.8, 4) is 6.07 Å². The summed E-state index contributed by atoms with van der Waals surface area (Å²) in [6, 6.07) is 5.69. The topological polar surface area (TPSA) is 90.9 Å². The van der Waals surface area contributed by atoms with Crippen molar-refractivity contribution in [2.45, 2.75) is 19.4 Å². The molecule has 1 saturated heterocycles. The lowest BCUT2D eigenvalue weighted by molar-refractivity contribution is -0.131. The molecule has 0 aliphatic carbocycles. The molecular formula is C16H19N7O. The van der Waals surface area contributed by atoms with E-state index in [2.05, 4.69) is 26.0 Å². The number of amides is 1. The van der Waals surface area contributed by atoms with Crippen molar-refractivity contribution in [2.24, 2.45) is 0 Å². The molecule has 0 unspecified atom stereocenters. The summed E-state index contributed by atoms with van der Waals surface area (Å²) in [7, 11) is 0. The fourth-order valence-electron chi connectivity index (χ4n) is 2.72. The van der Waals surface area contributed by atoms with E-state index in [1.54, 1.807) is 23.3 Å². The highest BCUT2D eigenvalue weighted by atomic mass is 16.2. The van der Waals surface area contributed by atoms with Crippen molar-refractivity contribution in [2.75, 3.05) is 31.1 Å². The maximum Gasteiger partial charge on any atom is 0.222 e. The smallest absolute Gasteiger partial charge is 0.222 e. The minimum Gasteiger partial charge on any atom is -0.353 e. The lowest BCUT2D eigenvalue weighted by Crippen LogP contribution is -2.49. The largest absolute Gasteiger partial charge is 0.353 e. The van der Waals surface area contributed by atoms with Crippen molar-refractivity contribution in [1.82, 2.24) is 24.6 Å². The van der Waals surface area contributed by atoms with Gasteiger partial charge >= 0.3 is 0 Å². The van der Waals surface area contributed by atoms with E-state index in [9.17, 15) is 4.79 Å². The fraction of sp³-hybridized carbons (Fsp3) is 0.438. The molecule has 0 atom stereocenters. The van der Waals surface area contributed by atoms with E-state index in [-0.39, 0.29) is 5.91 Å². The Bertz CT molecular complexity index is 697. The van der Waals surface area contributed by atoms with Gasteiger partial charge in [0.1, 0.15) is 24.5 Å². The molecule has 24 heavy (non-hydrogen) atoms. The third-order valence-corrected chi connectivity index (χ3v) is 4.08. The molecule has 0 aromatic carbocycles. The van der Waals surface area contributed by atoms with E-state index in [1.807, 2.05) is 11.0 Å². The third kappa shape index (κ3) is 3.87. The summed E-state index contributed by atoms with van der Waals surface area (Å²) in [6.45, 7) is 3.62. The Morgan fingerprint density at radius 1 is 1.25 bits per heavy atom. The molecule has 0 saturated carbocycles. The molecule has 2 aromatic rings. The number of pyridine rings is 1. The van der Waals surface area contributed by atoms with E-state index >= 15 is 0 Å². The molecule has 3 heterocycles. The van der Waals surface area contributed by atoms with Crippen LogP contribution in [0, 0.1) is 11.3 Å². The van der Waals surface area contributed by atoms with E-state index in [1.165, 1.54) is 6.33 Å². The maximum absolute atomic E-state index is 12.3. The molecule has 0 radical (unpaired) electrons. The molecule has 1 aliphatic heterocycles. The first-order chi connectivity index (χ1) is 11.8. The van der Waals surface area contributed by atoms with Crippen LogP contribution in [-0.4, -0.2) is 56.7 Å². The van der Waals surface area contributed by atoms with Gasteiger partial charge in [0, 0.05) is 45.3 Å². The first kappa shape index (κ1) is 15.9. The maximum atomic E-state index is 12.3. The summed E-state index contributed by atoms with van der Waals surface area (Å²) >= 11 is 0. The number of anilines is 1. The van der Waals surface area contributed by atoms with E-state index < -0.39 is 0 Å². The summed E-state index contributed by atoms with van der Waals surface area (Å²) in [5.74, 6) is 1.04. The van der Waals surface area contributed by atoms with Gasteiger partial charge in [0.2, 0.25) is 5.91 Å². The molecule has 0 bridgehead atoms. The molecule has 0 N–H and O–H groups in total. The lowest BCUT2D eigenvalue weighted by atomic mass is 10.2. The van der Waals surface area contributed by atoms with Gasteiger partial charge in [-0.1, -0.05) is 0 Å². The molecule has 2 aromatic heterocycles. The van der Waals surface area contributed by atoms with E-state index in [4.69, 9.17) is 5.26 Å².